The number of rotatable bonds is 8. The number of allylic oxidation sites excluding steroid dienone is 2. The Labute approximate surface area is 91.2 Å². The Balaban J connectivity index is 4.67. The molecule has 0 aliphatic heterocycles. The van der Waals surface area contributed by atoms with Crippen LogP contribution in [0.4, 0.5) is 0 Å². The Hall–Kier alpha value is -0.440. The van der Waals surface area contributed by atoms with Crippen LogP contribution in [0, 0.1) is 0 Å². The van der Waals surface area contributed by atoms with Crippen LogP contribution in [0.15, 0.2) is 12.2 Å². The van der Waals surface area contributed by atoms with E-state index in [0.29, 0.717) is 12.7 Å². The van der Waals surface area contributed by atoms with E-state index in [1.165, 1.54) is 0 Å². The zero-order chi connectivity index (χ0) is 11.7. The average molecular weight is 234 g/mol. The van der Waals surface area contributed by atoms with Crippen LogP contribution in [0.5, 0.6) is 0 Å². The van der Waals surface area contributed by atoms with E-state index in [4.69, 9.17) is 9.05 Å². The van der Waals surface area contributed by atoms with Crippen LogP contribution in [0.1, 0.15) is 27.2 Å². The van der Waals surface area contributed by atoms with E-state index in [2.05, 4.69) is 0 Å². The summed E-state index contributed by atoms with van der Waals surface area (Å²) in [7, 11) is -3.28. The first kappa shape index (κ1) is 14.6. The minimum absolute atomic E-state index is 0.275. The molecule has 0 aromatic carbocycles. The fraction of sp³-hybridized carbons (Fsp3) is 0.700. The molecule has 0 spiro atoms. The van der Waals surface area contributed by atoms with Crippen molar-refractivity contribution in [2.75, 3.05) is 13.2 Å². The van der Waals surface area contributed by atoms with Gasteiger partial charge in [0.25, 0.3) is 0 Å². The van der Waals surface area contributed by atoms with Crippen LogP contribution in [-0.4, -0.2) is 25.2 Å². The second kappa shape index (κ2) is 7.80. The zero-order valence-corrected chi connectivity index (χ0v) is 10.4. The van der Waals surface area contributed by atoms with Gasteiger partial charge in [-0.25, -0.2) is 0 Å². The van der Waals surface area contributed by atoms with Crippen molar-refractivity contribution in [2.24, 2.45) is 0 Å². The van der Waals surface area contributed by atoms with Crippen molar-refractivity contribution in [3.63, 3.8) is 0 Å². The second-order valence-electron chi connectivity index (χ2n) is 2.88. The summed E-state index contributed by atoms with van der Waals surface area (Å²) in [5, 5.41) is 0. The van der Waals surface area contributed by atoms with Crippen LogP contribution in [0.3, 0.4) is 0 Å². The quantitative estimate of drug-likeness (QED) is 0.368. The van der Waals surface area contributed by atoms with Gasteiger partial charge in [-0.2, -0.15) is 0 Å². The van der Waals surface area contributed by atoms with E-state index >= 15 is 0 Å². The van der Waals surface area contributed by atoms with Gasteiger partial charge in [-0.15, -0.1) is 0 Å². The minimum Gasteiger partial charge on any atom is -0.308 e. The molecule has 0 radical (unpaired) electrons. The van der Waals surface area contributed by atoms with E-state index in [1.807, 2.05) is 6.92 Å². The lowest BCUT2D eigenvalue weighted by Gasteiger charge is -2.21. The monoisotopic (exact) mass is 234 g/mol. The maximum absolute atomic E-state index is 12.1. The molecule has 0 fully saturated rings. The number of aldehydes is 1. The van der Waals surface area contributed by atoms with Gasteiger partial charge in [0.1, 0.15) is 11.9 Å². The number of carbonyl (C=O) groups excluding carboxylic acids is 1. The summed E-state index contributed by atoms with van der Waals surface area (Å²) in [5.74, 6) is 0. The maximum Gasteiger partial charge on any atom is 0.341 e. The summed E-state index contributed by atoms with van der Waals surface area (Å²) in [6.07, 6.45) is 4.62. The normalized spacial score (nSPS) is 14.3. The first-order valence-electron chi connectivity index (χ1n) is 5.09. The van der Waals surface area contributed by atoms with Crippen molar-refractivity contribution in [1.82, 2.24) is 0 Å². The van der Waals surface area contributed by atoms with Gasteiger partial charge >= 0.3 is 7.60 Å². The first-order valence-corrected chi connectivity index (χ1v) is 6.71. The highest BCUT2D eigenvalue weighted by Gasteiger charge is 2.34. The molecule has 0 amide bonds. The van der Waals surface area contributed by atoms with Gasteiger partial charge < -0.3 is 13.8 Å². The van der Waals surface area contributed by atoms with Crippen molar-refractivity contribution < 1.29 is 18.4 Å². The summed E-state index contributed by atoms with van der Waals surface area (Å²) in [6, 6.07) is 0. The number of carbonyl (C=O) groups is 1. The van der Waals surface area contributed by atoms with Crippen LogP contribution in [0.25, 0.3) is 0 Å². The predicted molar refractivity (Wildman–Crippen MR) is 60.1 cm³/mol. The summed E-state index contributed by atoms with van der Waals surface area (Å²) >= 11 is 0. The third-order valence-corrected chi connectivity index (χ3v) is 4.18. The van der Waals surface area contributed by atoms with Gasteiger partial charge in [-0.05, 0) is 27.2 Å². The molecule has 0 heterocycles. The summed E-state index contributed by atoms with van der Waals surface area (Å²) in [4.78, 5) is 10.8. The molecule has 0 aliphatic rings. The fourth-order valence-corrected chi connectivity index (χ4v) is 2.83. The molecule has 4 nitrogen and oxygen atoms in total. The van der Waals surface area contributed by atoms with E-state index in [0.717, 1.165) is 0 Å². The fourth-order valence-electron chi connectivity index (χ4n) is 1.12. The molecular weight excluding hydrogens is 215 g/mol. The highest BCUT2D eigenvalue weighted by atomic mass is 31.2. The SMILES string of the molecule is C/C=C/CC(C=O)P(=O)(OCC)OCC. The van der Waals surface area contributed by atoms with E-state index in [-0.39, 0.29) is 13.2 Å². The van der Waals surface area contributed by atoms with Crippen LogP contribution in [0.2, 0.25) is 0 Å². The van der Waals surface area contributed by atoms with Crippen molar-refractivity contribution in [2.45, 2.75) is 32.9 Å². The molecule has 15 heavy (non-hydrogen) atoms. The van der Waals surface area contributed by atoms with Gasteiger partial charge in [-0.3, -0.25) is 4.57 Å². The standard InChI is InChI=1S/C10H19O4P/c1-4-7-8-10(9-11)15(12,13-5-2)14-6-3/h4,7,9-10H,5-6,8H2,1-3H3/b7-4+. The van der Waals surface area contributed by atoms with Gasteiger partial charge in [-0.1, -0.05) is 12.2 Å². The third-order valence-electron chi connectivity index (χ3n) is 1.79. The molecule has 0 aromatic heterocycles. The maximum atomic E-state index is 12.1. The summed E-state index contributed by atoms with van der Waals surface area (Å²) in [5.41, 5.74) is -0.700. The third kappa shape index (κ3) is 4.74. The Morgan fingerprint density at radius 2 is 1.80 bits per heavy atom. The van der Waals surface area contributed by atoms with Crippen LogP contribution < -0.4 is 0 Å². The largest absolute Gasteiger partial charge is 0.341 e. The number of hydrogen-bond acceptors (Lipinski definition) is 4. The number of hydrogen-bond donors (Lipinski definition) is 0. The molecule has 5 heteroatoms. The van der Waals surface area contributed by atoms with Crippen molar-refractivity contribution in [3.8, 4) is 0 Å². The molecule has 0 saturated carbocycles. The predicted octanol–water partition coefficient (Wildman–Crippen LogP) is 2.79. The van der Waals surface area contributed by atoms with E-state index in [1.54, 1.807) is 26.0 Å². The molecule has 1 unspecified atom stereocenters. The van der Waals surface area contributed by atoms with Crippen molar-refractivity contribution in [1.29, 1.82) is 0 Å². The average Bonchev–Trinajstić information content (AvgIpc) is 2.19. The summed E-state index contributed by atoms with van der Waals surface area (Å²) in [6.45, 7) is 5.84. The van der Waals surface area contributed by atoms with Gasteiger partial charge in [0.2, 0.25) is 0 Å². The van der Waals surface area contributed by atoms with Crippen molar-refractivity contribution >= 4 is 13.9 Å². The first-order chi connectivity index (χ1) is 7.14. The minimum atomic E-state index is -3.28. The van der Waals surface area contributed by atoms with Gasteiger partial charge in [0.15, 0.2) is 0 Å². The smallest absolute Gasteiger partial charge is 0.308 e. The lowest BCUT2D eigenvalue weighted by atomic mass is 10.3. The Morgan fingerprint density at radius 1 is 1.27 bits per heavy atom. The molecule has 0 bridgehead atoms. The molecule has 0 aliphatic carbocycles. The van der Waals surface area contributed by atoms with Crippen LogP contribution >= 0.6 is 7.60 Å². The van der Waals surface area contributed by atoms with Crippen molar-refractivity contribution in [3.05, 3.63) is 12.2 Å². The Kier molecular flexibility index (Phi) is 7.57. The Morgan fingerprint density at radius 3 is 2.13 bits per heavy atom. The van der Waals surface area contributed by atoms with Crippen LogP contribution in [-0.2, 0) is 18.4 Å². The molecule has 88 valence electrons. The molecule has 0 aromatic rings. The lowest BCUT2D eigenvalue weighted by Crippen LogP contribution is -2.14. The molecule has 0 N–H and O–H groups in total. The van der Waals surface area contributed by atoms with Gasteiger partial charge in [0.05, 0.1) is 13.2 Å². The lowest BCUT2D eigenvalue weighted by molar-refractivity contribution is -0.107. The highest BCUT2D eigenvalue weighted by molar-refractivity contribution is 7.55. The van der Waals surface area contributed by atoms with E-state index in [9.17, 15) is 9.36 Å². The summed E-state index contributed by atoms with van der Waals surface area (Å²) < 4.78 is 22.3. The topological polar surface area (TPSA) is 52.6 Å². The van der Waals surface area contributed by atoms with Gasteiger partial charge in [0, 0.05) is 0 Å². The highest BCUT2D eigenvalue weighted by Crippen LogP contribution is 2.53. The molecule has 0 rings (SSSR count). The Bertz CT molecular complexity index is 240. The molecule has 0 saturated heterocycles. The second-order valence-corrected chi connectivity index (χ2v) is 5.14. The molecular formula is C10H19O4P. The zero-order valence-electron chi connectivity index (χ0n) is 9.51. The molecule has 1 atom stereocenters. The van der Waals surface area contributed by atoms with E-state index < -0.39 is 13.3 Å².